The lowest BCUT2D eigenvalue weighted by molar-refractivity contribution is -0.352. The number of hydrogen-bond donors (Lipinski definition) is 11. The summed E-state index contributed by atoms with van der Waals surface area (Å²) in [6, 6.07) is 3.02. The Morgan fingerprint density at radius 3 is 1.89 bits per heavy atom. The van der Waals surface area contributed by atoms with E-state index in [-0.39, 0.29) is 71.7 Å². The lowest BCUT2D eigenvalue weighted by Gasteiger charge is -2.46. The summed E-state index contributed by atoms with van der Waals surface area (Å²) >= 11 is 0. The minimum Gasteiger partial charge on any atom is -0.507 e. The Morgan fingerprint density at radius 1 is 0.697 bits per heavy atom. The van der Waals surface area contributed by atoms with Gasteiger partial charge in [0.05, 0.1) is 77.6 Å². The first-order valence-corrected chi connectivity index (χ1v) is 26.0. The Balaban J connectivity index is 1.06. The van der Waals surface area contributed by atoms with Gasteiger partial charge in [0.25, 0.3) is 0 Å². The maximum absolute atomic E-state index is 15.1. The van der Waals surface area contributed by atoms with Gasteiger partial charge < -0.3 is 108 Å². The van der Waals surface area contributed by atoms with Gasteiger partial charge in [0, 0.05) is 50.7 Å². The summed E-state index contributed by atoms with van der Waals surface area (Å²) in [4.78, 5) is 29.0. The molecule has 0 saturated carbocycles. The number of carbonyl (C=O) groups excluding carboxylic acids is 2. The number of aromatic hydroxyl groups is 2. The number of Topliss-reactive ketones (excluding diaryl/α,β-unsaturated/α-hetero) is 2. The lowest BCUT2D eigenvalue weighted by Crippen LogP contribution is -2.58. The largest absolute Gasteiger partial charge is 0.507 e. The molecule has 5 aliphatic heterocycles. The van der Waals surface area contributed by atoms with Gasteiger partial charge in [-0.05, 0) is 84.9 Å². The molecule has 2 aromatic rings. The Kier molecular flexibility index (Phi) is 18.1. The van der Waals surface area contributed by atoms with Gasteiger partial charge in [-0.3, -0.25) is 9.59 Å². The molecular formula is C52H76O24. The quantitative estimate of drug-likeness (QED) is 0.110. The van der Waals surface area contributed by atoms with E-state index in [9.17, 15) is 61.0 Å². The highest BCUT2D eigenvalue weighted by atomic mass is 16.8. The molecule has 76 heavy (non-hydrogen) atoms. The van der Waals surface area contributed by atoms with Crippen molar-refractivity contribution in [3.8, 4) is 17.2 Å². The Labute approximate surface area is 439 Å². The standard InChI is InChI=1S/C52H76O24/c1-18-30(72-35-15-31(43(59)22(5)68-35)73-34-14-29(55)42(58)21(4)67-34)12-26-10-25-11-27(48(66-9)47(63)41(57)19(2)53)49(46(62)39(25)45(61)38(26)40(18)56)76-36-16-32(44(60)23(6)69-36)75-51-33(13-28(54)20(3)71-51)74-37-17-52(8,65)50(64)24(7)70-37/h10,12,19-24,27-29,31-37,41-44,48-51,53-61,64-65H,11,13-17H2,1-9H3. The van der Waals surface area contributed by atoms with Crippen molar-refractivity contribution in [2.75, 3.05) is 7.11 Å². The van der Waals surface area contributed by atoms with Crippen molar-refractivity contribution in [1.82, 2.24) is 0 Å². The van der Waals surface area contributed by atoms with Gasteiger partial charge >= 0.3 is 0 Å². The number of phenols is 2. The number of carbonyl (C=O) groups is 2. The van der Waals surface area contributed by atoms with Crippen LogP contribution in [0.3, 0.4) is 0 Å². The van der Waals surface area contributed by atoms with E-state index in [1.54, 1.807) is 27.7 Å². The van der Waals surface area contributed by atoms with Crippen molar-refractivity contribution >= 4 is 22.3 Å². The second kappa shape index (κ2) is 23.4. The minimum atomic E-state index is -1.95. The van der Waals surface area contributed by atoms with Crippen molar-refractivity contribution in [1.29, 1.82) is 0 Å². The minimum absolute atomic E-state index is 0.00471. The predicted molar refractivity (Wildman–Crippen MR) is 259 cm³/mol. The number of aliphatic hydroxyl groups is 9. The number of rotatable bonds is 15. The van der Waals surface area contributed by atoms with Crippen LogP contribution in [0.4, 0.5) is 0 Å². The zero-order valence-electron chi connectivity index (χ0n) is 44.0. The summed E-state index contributed by atoms with van der Waals surface area (Å²) in [5.74, 6) is -4.11. The normalized spacial score (nSPS) is 42.5. The van der Waals surface area contributed by atoms with Gasteiger partial charge in [-0.15, -0.1) is 0 Å². The molecule has 0 aromatic heterocycles. The molecule has 25 unspecified atom stereocenters. The monoisotopic (exact) mass is 1080 g/mol. The van der Waals surface area contributed by atoms with Crippen LogP contribution in [0.15, 0.2) is 12.1 Å². The molecule has 1 aliphatic carbocycles. The number of phenolic OH excluding ortho intramolecular Hbond substituents is 2. The molecule has 0 amide bonds. The average molecular weight is 1090 g/mol. The molecule has 428 valence electrons. The van der Waals surface area contributed by atoms with Crippen LogP contribution in [0, 0.1) is 12.8 Å². The molecule has 25 atom stereocenters. The first-order chi connectivity index (χ1) is 35.7. The fraction of sp³-hybridized carbons (Fsp3) is 0.769. The Bertz CT molecular complexity index is 2350. The number of methoxy groups -OCH3 is 1. The van der Waals surface area contributed by atoms with Gasteiger partial charge in [0.1, 0.15) is 66.1 Å². The summed E-state index contributed by atoms with van der Waals surface area (Å²) in [7, 11) is 1.18. The third-order valence-electron chi connectivity index (χ3n) is 15.9. The Morgan fingerprint density at radius 2 is 1.28 bits per heavy atom. The van der Waals surface area contributed by atoms with E-state index in [4.69, 9.17) is 52.1 Å². The zero-order valence-corrected chi connectivity index (χ0v) is 44.0. The van der Waals surface area contributed by atoms with Gasteiger partial charge in [0.2, 0.25) is 6.29 Å². The Hall–Kier alpha value is -3.32. The van der Waals surface area contributed by atoms with Crippen molar-refractivity contribution < 1.29 is 118 Å². The molecule has 0 radical (unpaired) electrons. The molecule has 0 spiro atoms. The molecule has 11 N–H and O–H groups in total. The van der Waals surface area contributed by atoms with Crippen LogP contribution in [0.25, 0.3) is 10.8 Å². The predicted octanol–water partition coefficient (Wildman–Crippen LogP) is -0.249. The summed E-state index contributed by atoms with van der Waals surface area (Å²) < 4.78 is 66.8. The molecular weight excluding hydrogens is 1010 g/mol. The summed E-state index contributed by atoms with van der Waals surface area (Å²) in [6.45, 7) is 12.1. The van der Waals surface area contributed by atoms with E-state index in [0.29, 0.717) is 0 Å². The first kappa shape index (κ1) is 58.8. The van der Waals surface area contributed by atoms with Crippen LogP contribution in [0.5, 0.6) is 17.2 Å². The molecule has 0 bridgehead atoms. The molecule has 2 aromatic carbocycles. The third-order valence-corrected chi connectivity index (χ3v) is 15.9. The first-order valence-electron chi connectivity index (χ1n) is 26.0. The van der Waals surface area contributed by atoms with Crippen molar-refractivity contribution in [2.24, 2.45) is 5.92 Å². The number of ether oxygens (including phenoxy) is 11. The topological polar surface area (TPSA) is 358 Å². The molecule has 8 rings (SSSR count). The number of aliphatic hydroxyl groups excluding tert-OH is 8. The third kappa shape index (κ3) is 11.9. The van der Waals surface area contributed by atoms with Crippen LogP contribution in [-0.2, 0) is 58.6 Å². The van der Waals surface area contributed by atoms with Crippen LogP contribution in [0.1, 0.15) is 102 Å². The van der Waals surface area contributed by atoms with E-state index >= 15 is 4.79 Å². The SMILES string of the molecule is COC(C(=O)C(O)C(C)O)C1Cc2cc3cc(OC4CC(OC5CC(O)C(O)C(C)O5)C(O)C(C)O4)c(C)c(O)c3c(O)c2C(=O)C1OC1CC(OC2OC(C)C(O)CC2OC2CC(C)(O)C(O)C(C)O2)C(O)C(C)O1. The molecule has 5 heterocycles. The summed E-state index contributed by atoms with van der Waals surface area (Å²) in [5, 5.41) is 120. The highest BCUT2D eigenvalue weighted by molar-refractivity contribution is 6.11. The number of ketones is 2. The van der Waals surface area contributed by atoms with Gasteiger partial charge in [0.15, 0.2) is 36.7 Å². The van der Waals surface area contributed by atoms with E-state index in [1.165, 1.54) is 46.9 Å². The summed E-state index contributed by atoms with van der Waals surface area (Å²) in [5.41, 5.74) is -1.52. The van der Waals surface area contributed by atoms with E-state index in [1.807, 2.05) is 0 Å². The fourth-order valence-electron chi connectivity index (χ4n) is 11.3. The van der Waals surface area contributed by atoms with Gasteiger partial charge in [-0.2, -0.15) is 0 Å². The molecule has 6 aliphatic rings. The van der Waals surface area contributed by atoms with Gasteiger partial charge in [-0.1, -0.05) is 0 Å². The number of fused-ring (bicyclic) bond motifs is 2. The van der Waals surface area contributed by atoms with Crippen molar-refractivity contribution in [3.63, 3.8) is 0 Å². The van der Waals surface area contributed by atoms with Crippen LogP contribution in [-0.4, -0.2) is 222 Å². The molecule has 5 fully saturated rings. The average Bonchev–Trinajstić information content (AvgIpc) is 3.34. The summed E-state index contributed by atoms with van der Waals surface area (Å²) in [6.07, 6.45) is -27.3. The van der Waals surface area contributed by atoms with E-state index in [2.05, 4.69) is 0 Å². The van der Waals surface area contributed by atoms with Crippen molar-refractivity contribution in [2.45, 2.75) is 241 Å². The maximum atomic E-state index is 15.1. The second-order valence-electron chi connectivity index (χ2n) is 21.7. The number of benzene rings is 2. The van der Waals surface area contributed by atoms with Crippen LogP contribution < -0.4 is 4.74 Å². The lowest BCUT2D eigenvalue weighted by atomic mass is 9.75. The van der Waals surface area contributed by atoms with Gasteiger partial charge in [-0.25, -0.2) is 0 Å². The van der Waals surface area contributed by atoms with Crippen LogP contribution in [0.2, 0.25) is 0 Å². The highest BCUT2D eigenvalue weighted by Gasteiger charge is 2.52. The molecule has 24 heteroatoms. The van der Waals surface area contributed by atoms with Crippen LogP contribution >= 0.6 is 0 Å². The smallest absolute Gasteiger partial charge is 0.202 e. The maximum Gasteiger partial charge on any atom is 0.202 e. The van der Waals surface area contributed by atoms with E-state index in [0.717, 1.165) is 0 Å². The van der Waals surface area contributed by atoms with Crippen molar-refractivity contribution in [3.05, 3.63) is 28.8 Å². The molecule has 24 nitrogen and oxygen atoms in total. The van der Waals surface area contributed by atoms with E-state index < -0.39 is 176 Å². The second-order valence-corrected chi connectivity index (χ2v) is 21.7. The number of hydrogen-bond acceptors (Lipinski definition) is 24. The zero-order chi connectivity index (χ0) is 55.6. The highest BCUT2D eigenvalue weighted by Crippen LogP contribution is 2.48. The molecule has 5 saturated heterocycles. The fourth-order valence-corrected chi connectivity index (χ4v) is 11.3.